The van der Waals surface area contributed by atoms with Gasteiger partial charge in [0.05, 0.1) is 17.7 Å². The second kappa shape index (κ2) is 7.04. The van der Waals surface area contributed by atoms with Gasteiger partial charge >= 0.3 is 0 Å². The minimum atomic E-state index is 0.0399. The number of anilines is 1. The van der Waals surface area contributed by atoms with Gasteiger partial charge in [0.15, 0.2) is 0 Å². The minimum Gasteiger partial charge on any atom is -0.384 e. The average Bonchev–Trinajstić information content (AvgIpc) is 2.50. The fourth-order valence-electron chi connectivity index (χ4n) is 2.28. The fourth-order valence-corrected chi connectivity index (χ4v) is 2.28. The topological polar surface area (TPSA) is 75.2 Å². The number of para-hydroxylation sites is 1. The number of nitrogens with one attached hydrogen (secondary N) is 1. The van der Waals surface area contributed by atoms with E-state index < -0.39 is 0 Å². The largest absolute Gasteiger partial charge is 0.384 e. The number of fused-ring (bicyclic) bond motifs is 1. The van der Waals surface area contributed by atoms with Crippen molar-refractivity contribution in [2.45, 2.75) is 13.8 Å². The third-order valence-electron chi connectivity index (χ3n) is 3.38. The summed E-state index contributed by atoms with van der Waals surface area (Å²) in [6.07, 6.45) is 0. The summed E-state index contributed by atoms with van der Waals surface area (Å²) in [5, 5.41) is 8.81. The Morgan fingerprint density at radius 1 is 1.33 bits per heavy atom. The van der Waals surface area contributed by atoms with Crippen molar-refractivity contribution in [2.24, 2.45) is 5.73 Å². The molecule has 2 rings (SSSR count). The Balaban J connectivity index is 2.43. The third-order valence-corrected chi connectivity index (χ3v) is 3.38. The van der Waals surface area contributed by atoms with E-state index in [4.69, 9.17) is 20.9 Å². The Hall–Kier alpha value is -2.14. The maximum absolute atomic E-state index is 7.81. The smallest absolute Gasteiger partial charge is 0.140 e. The average molecular weight is 286 g/mol. The number of likely N-dealkylation sites (N-methyl/N-ethyl adjacent to an activating group) is 1. The van der Waals surface area contributed by atoms with Crippen LogP contribution in [0.4, 0.5) is 5.82 Å². The molecule has 3 N–H and O–H groups in total. The second-order valence-corrected chi connectivity index (χ2v) is 4.74. The minimum absolute atomic E-state index is 0.0399. The summed E-state index contributed by atoms with van der Waals surface area (Å²) >= 11 is 0. The number of aromatic nitrogens is 1. The number of ether oxygens (including phenoxy) is 1. The quantitative estimate of drug-likeness (QED) is 0.465. The van der Waals surface area contributed by atoms with Crippen molar-refractivity contribution in [2.75, 3.05) is 31.2 Å². The molecule has 112 valence electrons. The lowest BCUT2D eigenvalue weighted by Gasteiger charge is -2.24. The van der Waals surface area contributed by atoms with Crippen molar-refractivity contribution in [3.8, 4) is 0 Å². The van der Waals surface area contributed by atoms with Crippen LogP contribution in [0.25, 0.3) is 10.9 Å². The summed E-state index contributed by atoms with van der Waals surface area (Å²) in [6, 6.07) is 9.81. The van der Waals surface area contributed by atoms with Crippen molar-refractivity contribution >= 4 is 22.6 Å². The van der Waals surface area contributed by atoms with Crippen LogP contribution in [0.2, 0.25) is 0 Å². The van der Waals surface area contributed by atoms with Gasteiger partial charge in [-0.2, -0.15) is 0 Å². The van der Waals surface area contributed by atoms with Gasteiger partial charge in [0.25, 0.3) is 0 Å². The van der Waals surface area contributed by atoms with Gasteiger partial charge in [0, 0.05) is 25.1 Å². The third kappa shape index (κ3) is 3.49. The van der Waals surface area contributed by atoms with Crippen LogP contribution in [-0.2, 0) is 4.74 Å². The second-order valence-electron chi connectivity index (χ2n) is 4.74. The zero-order valence-electron chi connectivity index (χ0n) is 12.6. The van der Waals surface area contributed by atoms with Gasteiger partial charge in [0.2, 0.25) is 0 Å². The Labute approximate surface area is 125 Å². The van der Waals surface area contributed by atoms with Crippen LogP contribution in [0, 0.1) is 5.41 Å². The Morgan fingerprint density at radius 2 is 2.10 bits per heavy atom. The normalized spacial score (nSPS) is 10.8. The van der Waals surface area contributed by atoms with E-state index in [0.717, 1.165) is 29.8 Å². The Bertz CT molecular complexity index is 627. The number of pyridine rings is 1. The van der Waals surface area contributed by atoms with E-state index in [9.17, 15) is 0 Å². The van der Waals surface area contributed by atoms with Gasteiger partial charge in [-0.25, -0.2) is 4.98 Å². The summed E-state index contributed by atoms with van der Waals surface area (Å²) in [5.41, 5.74) is 7.32. The zero-order chi connectivity index (χ0) is 15.2. The number of hydrogen-bond acceptors (Lipinski definition) is 4. The maximum atomic E-state index is 7.81. The summed E-state index contributed by atoms with van der Waals surface area (Å²) < 4.78 is 5.42. The molecule has 0 amide bonds. The van der Waals surface area contributed by atoms with Crippen molar-refractivity contribution < 1.29 is 4.74 Å². The van der Waals surface area contributed by atoms with Crippen LogP contribution < -0.4 is 10.6 Å². The van der Waals surface area contributed by atoms with Crippen LogP contribution in [0.5, 0.6) is 0 Å². The molecule has 0 atom stereocenters. The van der Waals surface area contributed by atoms with Gasteiger partial charge in [-0.1, -0.05) is 18.2 Å². The van der Waals surface area contributed by atoms with Gasteiger partial charge in [-0.05, 0) is 26.0 Å². The molecule has 1 heterocycles. The molecule has 2 aromatic rings. The molecular formula is C16H22N4O. The van der Waals surface area contributed by atoms with Crippen LogP contribution in [-0.4, -0.2) is 37.1 Å². The van der Waals surface area contributed by atoms with Crippen LogP contribution in [0.15, 0.2) is 30.3 Å². The molecule has 1 aromatic heterocycles. The first kappa shape index (κ1) is 15.3. The molecular weight excluding hydrogens is 264 g/mol. The maximum Gasteiger partial charge on any atom is 0.140 e. The summed E-state index contributed by atoms with van der Waals surface area (Å²) in [6.45, 7) is 6.89. The van der Waals surface area contributed by atoms with E-state index in [0.29, 0.717) is 18.8 Å². The Kier molecular flexibility index (Phi) is 5.11. The predicted octanol–water partition coefficient (Wildman–Crippen LogP) is 2.38. The molecule has 5 nitrogen and oxygen atoms in total. The first-order valence-corrected chi connectivity index (χ1v) is 7.24. The first-order valence-electron chi connectivity index (χ1n) is 7.24. The van der Waals surface area contributed by atoms with E-state index in [-0.39, 0.29) is 5.84 Å². The lowest BCUT2D eigenvalue weighted by Crippen LogP contribution is -2.30. The molecule has 0 aliphatic carbocycles. The molecule has 5 heteroatoms. The molecule has 0 saturated carbocycles. The SMILES string of the molecule is CCOCCN(CC)c1nc2ccccc2cc1C(=N)N. The van der Waals surface area contributed by atoms with Crippen molar-refractivity contribution in [3.05, 3.63) is 35.9 Å². The van der Waals surface area contributed by atoms with Gasteiger partial charge in [0.1, 0.15) is 11.7 Å². The molecule has 0 bridgehead atoms. The molecule has 0 spiro atoms. The standard InChI is InChI=1S/C16H22N4O/c1-3-20(9-10-21-4-2)16-13(15(17)18)11-12-7-5-6-8-14(12)19-16/h5-8,11H,3-4,9-10H2,1-2H3,(H3,17,18). The van der Waals surface area contributed by atoms with Crippen LogP contribution >= 0.6 is 0 Å². The summed E-state index contributed by atoms with van der Waals surface area (Å²) in [4.78, 5) is 6.79. The van der Waals surface area contributed by atoms with E-state index in [1.165, 1.54) is 0 Å². The monoisotopic (exact) mass is 286 g/mol. The lowest BCUT2D eigenvalue weighted by atomic mass is 10.1. The van der Waals surface area contributed by atoms with E-state index >= 15 is 0 Å². The van der Waals surface area contributed by atoms with Crippen molar-refractivity contribution in [1.29, 1.82) is 5.41 Å². The molecule has 0 fully saturated rings. The van der Waals surface area contributed by atoms with Crippen LogP contribution in [0.1, 0.15) is 19.4 Å². The molecule has 0 saturated heterocycles. The molecule has 1 aromatic carbocycles. The first-order chi connectivity index (χ1) is 10.2. The van der Waals surface area contributed by atoms with Gasteiger partial charge in [-0.15, -0.1) is 0 Å². The molecule has 0 radical (unpaired) electrons. The molecule has 21 heavy (non-hydrogen) atoms. The van der Waals surface area contributed by atoms with Crippen LogP contribution in [0.3, 0.4) is 0 Å². The molecule has 0 unspecified atom stereocenters. The number of nitrogen functional groups attached to an aromatic ring is 1. The van der Waals surface area contributed by atoms with Crippen molar-refractivity contribution in [1.82, 2.24) is 4.98 Å². The number of nitrogens with two attached hydrogens (primary N) is 1. The lowest BCUT2D eigenvalue weighted by molar-refractivity contribution is 0.154. The highest BCUT2D eigenvalue weighted by atomic mass is 16.5. The predicted molar refractivity (Wildman–Crippen MR) is 87.1 cm³/mol. The number of nitrogens with zero attached hydrogens (tertiary/aromatic N) is 2. The fraction of sp³-hybridized carbons (Fsp3) is 0.375. The summed E-state index contributed by atoms with van der Waals surface area (Å²) in [5.74, 6) is 0.793. The molecule has 0 aliphatic rings. The molecule has 0 aliphatic heterocycles. The van der Waals surface area contributed by atoms with Gasteiger partial charge in [-0.3, -0.25) is 5.41 Å². The van der Waals surface area contributed by atoms with Gasteiger partial charge < -0.3 is 15.4 Å². The Morgan fingerprint density at radius 3 is 2.76 bits per heavy atom. The highest BCUT2D eigenvalue weighted by Gasteiger charge is 2.15. The zero-order valence-corrected chi connectivity index (χ0v) is 12.6. The summed E-state index contributed by atoms with van der Waals surface area (Å²) in [7, 11) is 0. The van der Waals surface area contributed by atoms with Crippen molar-refractivity contribution in [3.63, 3.8) is 0 Å². The van der Waals surface area contributed by atoms with E-state index in [1.54, 1.807) is 0 Å². The van der Waals surface area contributed by atoms with E-state index in [1.807, 2.05) is 37.3 Å². The number of hydrogen-bond donors (Lipinski definition) is 2. The highest BCUT2D eigenvalue weighted by molar-refractivity contribution is 6.03. The number of amidine groups is 1. The number of rotatable bonds is 7. The highest BCUT2D eigenvalue weighted by Crippen LogP contribution is 2.23. The number of benzene rings is 1. The van der Waals surface area contributed by atoms with E-state index in [2.05, 4.69) is 11.8 Å².